The molecule has 1 heterocycles. The largest absolute Gasteiger partial charge is 0.338 e. The summed E-state index contributed by atoms with van der Waals surface area (Å²) >= 11 is 0. The zero-order valence-corrected chi connectivity index (χ0v) is 9.68. The molecule has 3 rings (SSSR count). The van der Waals surface area contributed by atoms with E-state index in [0.29, 0.717) is 17.4 Å². The smallest absolute Gasteiger partial charge is 0.242 e. The van der Waals surface area contributed by atoms with Crippen molar-refractivity contribution in [1.29, 1.82) is 0 Å². The SMILES string of the molecule is CC1(C)NCC2(CC2)CN(C2CC2)C1=O. The summed E-state index contributed by atoms with van der Waals surface area (Å²) in [6, 6.07) is 0.564. The van der Waals surface area contributed by atoms with E-state index in [-0.39, 0.29) is 5.54 Å². The van der Waals surface area contributed by atoms with Crippen molar-refractivity contribution in [3.63, 3.8) is 0 Å². The third kappa shape index (κ3) is 1.57. The predicted octanol–water partition coefficient (Wildman–Crippen LogP) is 1.14. The van der Waals surface area contributed by atoms with Crippen molar-refractivity contribution in [2.45, 2.75) is 51.1 Å². The van der Waals surface area contributed by atoms with Gasteiger partial charge in [-0.1, -0.05) is 0 Å². The van der Waals surface area contributed by atoms with Gasteiger partial charge >= 0.3 is 0 Å². The van der Waals surface area contributed by atoms with Crippen LogP contribution >= 0.6 is 0 Å². The highest BCUT2D eigenvalue weighted by Crippen LogP contribution is 2.49. The molecule has 1 aliphatic heterocycles. The molecule has 1 saturated heterocycles. The summed E-state index contributed by atoms with van der Waals surface area (Å²) in [4.78, 5) is 14.5. The summed E-state index contributed by atoms with van der Waals surface area (Å²) in [5, 5.41) is 3.44. The van der Waals surface area contributed by atoms with Crippen LogP contribution in [0.2, 0.25) is 0 Å². The molecule has 2 saturated carbocycles. The molecule has 1 N–H and O–H groups in total. The number of nitrogens with one attached hydrogen (secondary N) is 1. The molecule has 3 heteroatoms. The third-order valence-electron chi connectivity index (χ3n) is 4.15. The second kappa shape index (κ2) is 2.76. The molecular weight excluding hydrogens is 188 g/mol. The second-order valence-corrected chi connectivity index (χ2v) is 6.14. The topological polar surface area (TPSA) is 32.3 Å². The van der Waals surface area contributed by atoms with Gasteiger partial charge in [-0.25, -0.2) is 0 Å². The standard InChI is InChI=1S/C12H20N2O/c1-11(2)10(15)14(9-3-4-9)8-12(5-6-12)7-13-11/h9,13H,3-8H2,1-2H3. The summed E-state index contributed by atoms with van der Waals surface area (Å²) in [5.74, 6) is 0.314. The van der Waals surface area contributed by atoms with Crippen molar-refractivity contribution in [3.05, 3.63) is 0 Å². The first-order chi connectivity index (χ1) is 7.03. The van der Waals surface area contributed by atoms with E-state index in [1.807, 2.05) is 13.8 Å². The Hall–Kier alpha value is -0.570. The van der Waals surface area contributed by atoms with E-state index in [1.54, 1.807) is 0 Å². The summed E-state index contributed by atoms with van der Waals surface area (Å²) in [6.45, 7) is 6.07. The van der Waals surface area contributed by atoms with Gasteiger partial charge in [0.1, 0.15) is 0 Å². The van der Waals surface area contributed by atoms with E-state index in [4.69, 9.17) is 0 Å². The molecule has 0 aromatic carbocycles. The second-order valence-electron chi connectivity index (χ2n) is 6.14. The lowest BCUT2D eigenvalue weighted by molar-refractivity contribution is -0.137. The van der Waals surface area contributed by atoms with Crippen LogP contribution in [0.5, 0.6) is 0 Å². The van der Waals surface area contributed by atoms with Gasteiger partial charge in [0.15, 0.2) is 0 Å². The lowest BCUT2D eigenvalue weighted by Crippen LogP contribution is -2.52. The fraction of sp³-hybridized carbons (Fsp3) is 0.917. The van der Waals surface area contributed by atoms with Gasteiger partial charge in [-0.15, -0.1) is 0 Å². The summed E-state index contributed by atoms with van der Waals surface area (Å²) in [7, 11) is 0. The normalized spacial score (nSPS) is 32.9. The van der Waals surface area contributed by atoms with Crippen LogP contribution in [0.1, 0.15) is 39.5 Å². The Bertz CT molecular complexity index is 303. The Kier molecular flexibility index (Phi) is 1.77. The van der Waals surface area contributed by atoms with Crippen molar-refractivity contribution in [2.24, 2.45) is 5.41 Å². The number of amides is 1. The third-order valence-corrected chi connectivity index (χ3v) is 4.15. The van der Waals surface area contributed by atoms with E-state index in [9.17, 15) is 4.79 Å². The van der Waals surface area contributed by atoms with Crippen molar-refractivity contribution in [3.8, 4) is 0 Å². The number of rotatable bonds is 1. The minimum absolute atomic E-state index is 0.314. The molecule has 84 valence electrons. The van der Waals surface area contributed by atoms with Crippen LogP contribution in [0.15, 0.2) is 0 Å². The number of hydrogen-bond donors (Lipinski definition) is 1. The average molecular weight is 208 g/mol. The van der Waals surface area contributed by atoms with E-state index < -0.39 is 0 Å². The van der Waals surface area contributed by atoms with Crippen LogP contribution in [-0.2, 0) is 4.79 Å². The Morgan fingerprint density at radius 3 is 2.53 bits per heavy atom. The average Bonchev–Trinajstić information content (AvgIpc) is 3.02. The zero-order chi connectivity index (χ0) is 10.7. The van der Waals surface area contributed by atoms with Crippen LogP contribution in [-0.4, -0.2) is 35.5 Å². The predicted molar refractivity (Wildman–Crippen MR) is 58.5 cm³/mol. The van der Waals surface area contributed by atoms with Crippen LogP contribution < -0.4 is 5.32 Å². The van der Waals surface area contributed by atoms with Crippen LogP contribution in [0.3, 0.4) is 0 Å². The molecule has 3 aliphatic rings. The molecule has 3 fully saturated rings. The van der Waals surface area contributed by atoms with Crippen LogP contribution in [0, 0.1) is 5.41 Å². The maximum atomic E-state index is 12.3. The molecular formula is C12H20N2O. The van der Waals surface area contributed by atoms with E-state index in [2.05, 4.69) is 10.2 Å². The highest BCUT2D eigenvalue weighted by atomic mass is 16.2. The lowest BCUT2D eigenvalue weighted by Gasteiger charge is -2.29. The summed E-state index contributed by atoms with van der Waals surface area (Å²) in [5.41, 5.74) is 0.0840. The molecule has 1 spiro atoms. The molecule has 0 radical (unpaired) electrons. The molecule has 0 aromatic rings. The van der Waals surface area contributed by atoms with Crippen molar-refractivity contribution < 1.29 is 4.79 Å². The van der Waals surface area contributed by atoms with Crippen molar-refractivity contribution in [2.75, 3.05) is 13.1 Å². The molecule has 0 bridgehead atoms. The van der Waals surface area contributed by atoms with Gasteiger partial charge in [0, 0.05) is 24.5 Å². The molecule has 3 nitrogen and oxygen atoms in total. The number of carbonyl (C=O) groups is 1. The molecule has 2 aliphatic carbocycles. The number of hydrogen-bond acceptors (Lipinski definition) is 2. The Labute approximate surface area is 91.2 Å². The van der Waals surface area contributed by atoms with Crippen molar-refractivity contribution in [1.82, 2.24) is 10.2 Å². The fourth-order valence-corrected chi connectivity index (χ4v) is 2.52. The van der Waals surface area contributed by atoms with E-state index in [1.165, 1.54) is 25.7 Å². The summed E-state index contributed by atoms with van der Waals surface area (Å²) < 4.78 is 0. The zero-order valence-electron chi connectivity index (χ0n) is 9.68. The molecule has 0 unspecified atom stereocenters. The van der Waals surface area contributed by atoms with Crippen LogP contribution in [0.4, 0.5) is 0 Å². The van der Waals surface area contributed by atoms with Gasteiger partial charge in [-0.05, 0) is 39.5 Å². The monoisotopic (exact) mass is 208 g/mol. The number of carbonyl (C=O) groups excluding carboxylic acids is 1. The fourth-order valence-electron chi connectivity index (χ4n) is 2.52. The van der Waals surface area contributed by atoms with E-state index in [0.717, 1.165) is 13.1 Å². The van der Waals surface area contributed by atoms with Gasteiger partial charge < -0.3 is 10.2 Å². The van der Waals surface area contributed by atoms with E-state index >= 15 is 0 Å². The Morgan fingerprint density at radius 1 is 1.33 bits per heavy atom. The first kappa shape index (κ1) is 9.64. The highest BCUT2D eigenvalue weighted by molar-refractivity contribution is 5.86. The lowest BCUT2D eigenvalue weighted by atomic mass is 10.0. The first-order valence-corrected chi connectivity index (χ1v) is 6.09. The highest BCUT2D eigenvalue weighted by Gasteiger charge is 2.52. The molecule has 0 atom stereocenters. The van der Waals surface area contributed by atoms with Gasteiger partial charge in [-0.2, -0.15) is 0 Å². The Balaban J connectivity index is 1.86. The quantitative estimate of drug-likeness (QED) is 0.701. The minimum Gasteiger partial charge on any atom is -0.338 e. The van der Waals surface area contributed by atoms with Gasteiger partial charge in [0.25, 0.3) is 0 Å². The van der Waals surface area contributed by atoms with Crippen molar-refractivity contribution >= 4 is 5.91 Å². The molecule has 1 amide bonds. The molecule has 15 heavy (non-hydrogen) atoms. The van der Waals surface area contributed by atoms with Gasteiger partial charge in [-0.3, -0.25) is 4.79 Å². The first-order valence-electron chi connectivity index (χ1n) is 6.09. The van der Waals surface area contributed by atoms with Gasteiger partial charge in [0.2, 0.25) is 5.91 Å². The Morgan fingerprint density at radius 2 is 2.00 bits per heavy atom. The number of nitrogens with zero attached hydrogens (tertiary/aromatic N) is 1. The van der Waals surface area contributed by atoms with Crippen LogP contribution in [0.25, 0.3) is 0 Å². The maximum Gasteiger partial charge on any atom is 0.242 e. The maximum absolute atomic E-state index is 12.3. The van der Waals surface area contributed by atoms with Gasteiger partial charge in [0.05, 0.1) is 5.54 Å². The summed E-state index contributed by atoms with van der Waals surface area (Å²) in [6.07, 6.45) is 5.04. The molecule has 0 aromatic heterocycles. The minimum atomic E-state index is -0.353.